The fourth-order valence-corrected chi connectivity index (χ4v) is 1.43. The Bertz CT molecular complexity index is 471. The van der Waals surface area contributed by atoms with Crippen molar-refractivity contribution in [3.05, 3.63) is 48.3 Å². The Hall–Kier alpha value is -1.97. The van der Waals surface area contributed by atoms with Crippen molar-refractivity contribution < 1.29 is 0 Å². The lowest BCUT2D eigenvalue weighted by Gasteiger charge is -2.09. The molecule has 0 aliphatic carbocycles. The predicted molar refractivity (Wildman–Crippen MR) is 67.8 cm³/mol. The Balaban J connectivity index is 2.05. The first-order chi connectivity index (χ1) is 7.75. The largest absolute Gasteiger partial charge is 0.397 e. The van der Waals surface area contributed by atoms with E-state index in [1.165, 1.54) is 0 Å². The van der Waals surface area contributed by atoms with Gasteiger partial charge in [0.05, 0.1) is 23.6 Å². The van der Waals surface area contributed by atoms with Gasteiger partial charge in [-0.1, -0.05) is 17.6 Å². The van der Waals surface area contributed by atoms with Crippen molar-refractivity contribution in [3.63, 3.8) is 0 Å². The molecular formula is C12H12BN3. The number of aromatic nitrogens is 1. The summed E-state index contributed by atoms with van der Waals surface area (Å²) < 4.78 is 0. The van der Waals surface area contributed by atoms with Crippen LogP contribution >= 0.6 is 0 Å². The van der Waals surface area contributed by atoms with Gasteiger partial charge in [0.1, 0.15) is 7.85 Å². The molecule has 0 fully saturated rings. The molecule has 0 aliphatic rings. The molecule has 0 saturated carbocycles. The van der Waals surface area contributed by atoms with Crippen molar-refractivity contribution in [2.24, 2.45) is 0 Å². The number of nitrogens with two attached hydrogens (primary N) is 1. The van der Waals surface area contributed by atoms with Gasteiger partial charge in [0.15, 0.2) is 0 Å². The van der Waals surface area contributed by atoms with Crippen LogP contribution in [0, 0.1) is 0 Å². The van der Waals surface area contributed by atoms with E-state index >= 15 is 0 Å². The number of hydrogen-bond acceptors (Lipinski definition) is 3. The van der Waals surface area contributed by atoms with Crippen molar-refractivity contribution in [2.75, 3.05) is 11.1 Å². The average Bonchev–Trinajstić information content (AvgIpc) is 2.29. The van der Waals surface area contributed by atoms with Crippen LogP contribution in [0.3, 0.4) is 0 Å². The molecule has 0 spiro atoms. The van der Waals surface area contributed by atoms with E-state index in [4.69, 9.17) is 13.6 Å². The minimum Gasteiger partial charge on any atom is -0.397 e. The summed E-state index contributed by atoms with van der Waals surface area (Å²) in [5.74, 6) is 0. The van der Waals surface area contributed by atoms with Gasteiger partial charge in [-0.25, -0.2) is 0 Å². The number of hydrogen-bond donors (Lipinski definition) is 2. The van der Waals surface area contributed by atoms with Gasteiger partial charge in [0, 0.05) is 6.20 Å². The molecule has 3 N–H and O–H groups in total. The van der Waals surface area contributed by atoms with Gasteiger partial charge in [-0.2, -0.15) is 0 Å². The van der Waals surface area contributed by atoms with E-state index in [0.29, 0.717) is 17.7 Å². The summed E-state index contributed by atoms with van der Waals surface area (Å²) in [4.78, 5) is 4.21. The molecule has 1 aromatic heterocycles. The summed E-state index contributed by atoms with van der Waals surface area (Å²) in [7, 11) is 5.61. The van der Waals surface area contributed by atoms with Crippen LogP contribution in [0.2, 0.25) is 0 Å². The van der Waals surface area contributed by atoms with Crippen LogP contribution in [0.15, 0.2) is 42.6 Å². The Morgan fingerprint density at radius 3 is 2.81 bits per heavy atom. The smallest absolute Gasteiger partial charge is 0.113 e. The van der Waals surface area contributed by atoms with Crippen LogP contribution in [-0.2, 0) is 6.54 Å². The zero-order valence-electron chi connectivity index (χ0n) is 8.85. The minimum atomic E-state index is 0.648. The molecule has 0 bridgehead atoms. The van der Waals surface area contributed by atoms with Gasteiger partial charge in [-0.3, -0.25) is 4.98 Å². The maximum Gasteiger partial charge on any atom is 0.113 e. The summed E-state index contributed by atoms with van der Waals surface area (Å²) >= 11 is 0. The third-order valence-corrected chi connectivity index (χ3v) is 2.26. The third kappa shape index (κ3) is 2.54. The molecule has 0 saturated heterocycles. The molecule has 78 valence electrons. The summed E-state index contributed by atoms with van der Waals surface area (Å²) in [5.41, 5.74) is 8.99. The van der Waals surface area contributed by atoms with Crippen LogP contribution in [0.4, 0.5) is 11.4 Å². The van der Waals surface area contributed by atoms with E-state index < -0.39 is 0 Å². The summed E-state index contributed by atoms with van der Waals surface area (Å²) in [6.45, 7) is 0.648. The third-order valence-electron chi connectivity index (χ3n) is 2.26. The Kier molecular flexibility index (Phi) is 3.10. The van der Waals surface area contributed by atoms with Gasteiger partial charge >= 0.3 is 0 Å². The molecule has 2 rings (SSSR count). The Morgan fingerprint density at radius 1 is 1.25 bits per heavy atom. The standard InChI is InChI=1S/C12H12BN3/c13-9-4-5-12(11(14)7-9)16-8-10-3-1-2-6-15-10/h1-7,16H,8,14H2. The molecule has 2 aromatic rings. The first kappa shape index (κ1) is 10.5. The highest BCUT2D eigenvalue weighted by atomic mass is 14.9. The van der Waals surface area contributed by atoms with Crippen molar-refractivity contribution in [1.82, 2.24) is 4.98 Å². The molecule has 0 unspecified atom stereocenters. The van der Waals surface area contributed by atoms with Gasteiger partial charge in [-0.05, 0) is 24.3 Å². The van der Waals surface area contributed by atoms with Crippen LogP contribution < -0.4 is 16.5 Å². The van der Waals surface area contributed by atoms with E-state index in [0.717, 1.165) is 11.4 Å². The van der Waals surface area contributed by atoms with Crippen molar-refractivity contribution in [3.8, 4) is 0 Å². The molecule has 3 nitrogen and oxygen atoms in total. The zero-order valence-corrected chi connectivity index (χ0v) is 8.85. The molecule has 1 heterocycles. The first-order valence-corrected chi connectivity index (χ1v) is 5.04. The maximum absolute atomic E-state index is 5.82. The van der Waals surface area contributed by atoms with E-state index in [2.05, 4.69) is 10.3 Å². The van der Waals surface area contributed by atoms with E-state index in [1.807, 2.05) is 30.3 Å². The molecule has 0 aliphatic heterocycles. The lowest BCUT2D eigenvalue weighted by Crippen LogP contribution is -2.08. The monoisotopic (exact) mass is 209 g/mol. The lowest BCUT2D eigenvalue weighted by molar-refractivity contribution is 1.05. The number of rotatable bonds is 3. The van der Waals surface area contributed by atoms with Crippen molar-refractivity contribution in [2.45, 2.75) is 6.54 Å². The van der Waals surface area contributed by atoms with Crippen LogP contribution in [0.1, 0.15) is 5.69 Å². The van der Waals surface area contributed by atoms with E-state index in [1.54, 1.807) is 12.3 Å². The Labute approximate surface area is 96.1 Å². The first-order valence-electron chi connectivity index (χ1n) is 5.04. The van der Waals surface area contributed by atoms with Crippen LogP contribution in [0.25, 0.3) is 0 Å². The topological polar surface area (TPSA) is 50.9 Å². The van der Waals surface area contributed by atoms with Gasteiger partial charge in [-0.15, -0.1) is 0 Å². The van der Waals surface area contributed by atoms with Gasteiger partial charge in [0.25, 0.3) is 0 Å². The second-order valence-corrected chi connectivity index (χ2v) is 3.52. The van der Waals surface area contributed by atoms with Crippen molar-refractivity contribution in [1.29, 1.82) is 0 Å². The normalized spacial score (nSPS) is 10.0. The SMILES string of the molecule is [B]c1ccc(NCc2ccccn2)c(N)c1. The fraction of sp³-hybridized carbons (Fsp3) is 0.0833. The number of nitrogens with one attached hydrogen (secondary N) is 1. The maximum atomic E-state index is 5.82. The number of pyridine rings is 1. The lowest BCUT2D eigenvalue weighted by atomic mass is 9.95. The fourth-order valence-electron chi connectivity index (χ4n) is 1.43. The number of anilines is 2. The number of nitrogens with zero attached hydrogens (tertiary/aromatic N) is 1. The summed E-state index contributed by atoms with van der Waals surface area (Å²) in [6.07, 6.45) is 1.77. The molecule has 2 radical (unpaired) electrons. The van der Waals surface area contributed by atoms with Crippen LogP contribution in [-0.4, -0.2) is 12.8 Å². The quantitative estimate of drug-likeness (QED) is 0.587. The highest BCUT2D eigenvalue weighted by molar-refractivity contribution is 6.32. The predicted octanol–water partition coefficient (Wildman–Crippen LogP) is 1.07. The highest BCUT2D eigenvalue weighted by Gasteiger charge is 1.98. The summed E-state index contributed by atoms with van der Waals surface area (Å²) in [5, 5.41) is 3.21. The molecular weight excluding hydrogens is 197 g/mol. The van der Waals surface area contributed by atoms with Gasteiger partial charge < -0.3 is 11.1 Å². The molecule has 16 heavy (non-hydrogen) atoms. The number of nitrogen functional groups attached to an aromatic ring is 1. The van der Waals surface area contributed by atoms with Crippen molar-refractivity contribution >= 4 is 24.7 Å². The Morgan fingerprint density at radius 2 is 2.12 bits per heavy atom. The molecule has 0 amide bonds. The molecule has 4 heteroatoms. The second kappa shape index (κ2) is 4.70. The highest BCUT2D eigenvalue weighted by Crippen LogP contribution is 2.16. The number of benzene rings is 1. The van der Waals surface area contributed by atoms with Gasteiger partial charge in [0.2, 0.25) is 0 Å². The van der Waals surface area contributed by atoms with E-state index in [-0.39, 0.29) is 0 Å². The molecule has 1 aromatic carbocycles. The molecule has 0 atom stereocenters. The zero-order chi connectivity index (χ0) is 11.4. The van der Waals surface area contributed by atoms with E-state index in [9.17, 15) is 0 Å². The minimum absolute atomic E-state index is 0.648. The van der Waals surface area contributed by atoms with Crippen LogP contribution in [0.5, 0.6) is 0 Å². The average molecular weight is 209 g/mol. The summed E-state index contributed by atoms with van der Waals surface area (Å²) in [6, 6.07) is 11.2. The second-order valence-electron chi connectivity index (χ2n) is 3.52.